The van der Waals surface area contributed by atoms with E-state index < -0.39 is 0 Å². The standard InChI is InChI=1S/C13H20N2O2/c1-14-10-11-6-2-3-7-12(11)15-13(17)8-4-5-9-16/h2-3,6-7,14,16H,4-5,8-10H2,1H3,(H,15,17). The molecule has 3 N–H and O–H groups in total. The van der Waals surface area contributed by atoms with E-state index in [9.17, 15) is 4.79 Å². The van der Waals surface area contributed by atoms with Crippen molar-refractivity contribution in [1.29, 1.82) is 0 Å². The summed E-state index contributed by atoms with van der Waals surface area (Å²) in [5.74, 6) is 0.00185. The Morgan fingerprint density at radius 3 is 2.76 bits per heavy atom. The molecule has 1 rings (SSSR count). The summed E-state index contributed by atoms with van der Waals surface area (Å²) in [5, 5.41) is 14.6. The second-order valence-corrected chi connectivity index (χ2v) is 3.92. The van der Waals surface area contributed by atoms with E-state index in [1.54, 1.807) is 0 Å². The summed E-state index contributed by atoms with van der Waals surface area (Å²) in [7, 11) is 1.87. The van der Waals surface area contributed by atoms with Crippen LogP contribution in [0.3, 0.4) is 0 Å². The van der Waals surface area contributed by atoms with Gasteiger partial charge in [0.2, 0.25) is 5.91 Å². The van der Waals surface area contributed by atoms with Crippen LogP contribution in [-0.4, -0.2) is 24.7 Å². The molecule has 0 saturated heterocycles. The molecule has 0 unspecified atom stereocenters. The molecular weight excluding hydrogens is 216 g/mol. The molecule has 1 aromatic rings. The maximum Gasteiger partial charge on any atom is 0.224 e. The Morgan fingerprint density at radius 2 is 2.06 bits per heavy atom. The highest BCUT2D eigenvalue weighted by molar-refractivity contribution is 5.91. The van der Waals surface area contributed by atoms with Gasteiger partial charge in [0.25, 0.3) is 0 Å². The maximum atomic E-state index is 11.6. The first kappa shape index (κ1) is 13.7. The zero-order chi connectivity index (χ0) is 12.5. The predicted octanol–water partition coefficient (Wildman–Crippen LogP) is 1.51. The molecule has 94 valence electrons. The molecule has 0 radical (unpaired) electrons. The fourth-order valence-corrected chi connectivity index (χ4v) is 1.60. The Kier molecular flexibility index (Phi) is 6.29. The number of para-hydroxylation sites is 1. The van der Waals surface area contributed by atoms with Gasteiger partial charge in [-0.15, -0.1) is 0 Å². The molecule has 0 fully saturated rings. The van der Waals surface area contributed by atoms with Crippen LogP contribution in [-0.2, 0) is 11.3 Å². The number of hydrogen-bond acceptors (Lipinski definition) is 3. The number of benzene rings is 1. The van der Waals surface area contributed by atoms with Crippen LogP contribution in [0.25, 0.3) is 0 Å². The van der Waals surface area contributed by atoms with Gasteiger partial charge in [0.1, 0.15) is 0 Å². The van der Waals surface area contributed by atoms with Gasteiger partial charge in [-0.1, -0.05) is 18.2 Å². The molecular formula is C13H20N2O2. The fraction of sp³-hybridized carbons (Fsp3) is 0.462. The fourth-order valence-electron chi connectivity index (χ4n) is 1.60. The Bertz CT molecular complexity index is 353. The van der Waals surface area contributed by atoms with E-state index in [0.717, 1.165) is 24.2 Å². The van der Waals surface area contributed by atoms with E-state index in [0.29, 0.717) is 12.8 Å². The molecule has 0 bridgehead atoms. The van der Waals surface area contributed by atoms with E-state index in [2.05, 4.69) is 10.6 Å². The van der Waals surface area contributed by atoms with Crippen molar-refractivity contribution in [3.05, 3.63) is 29.8 Å². The van der Waals surface area contributed by atoms with Gasteiger partial charge in [-0.05, 0) is 31.5 Å². The van der Waals surface area contributed by atoms with Gasteiger partial charge < -0.3 is 15.7 Å². The highest BCUT2D eigenvalue weighted by atomic mass is 16.2. The average Bonchev–Trinajstić information content (AvgIpc) is 2.32. The zero-order valence-electron chi connectivity index (χ0n) is 10.2. The molecule has 0 aliphatic carbocycles. The van der Waals surface area contributed by atoms with Crippen LogP contribution >= 0.6 is 0 Å². The van der Waals surface area contributed by atoms with Crippen molar-refractivity contribution in [2.75, 3.05) is 19.0 Å². The number of amides is 1. The number of anilines is 1. The number of carbonyl (C=O) groups excluding carboxylic acids is 1. The summed E-state index contributed by atoms with van der Waals surface area (Å²) < 4.78 is 0. The van der Waals surface area contributed by atoms with Crippen LogP contribution in [0.1, 0.15) is 24.8 Å². The Labute approximate surface area is 102 Å². The second kappa shape index (κ2) is 7.81. The summed E-state index contributed by atoms with van der Waals surface area (Å²) in [4.78, 5) is 11.6. The lowest BCUT2D eigenvalue weighted by Gasteiger charge is -2.10. The van der Waals surface area contributed by atoms with Gasteiger partial charge in [-0.25, -0.2) is 0 Å². The van der Waals surface area contributed by atoms with Crippen LogP contribution in [0.5, 0.6) is 0 Å². The monoisotopic (exact) mass is 236 g/mol. The molecule has 0 aliphatic heterocycles. The van der Waals surface area contributed by atoms with Gasteiger partial charge in [0.05, 0.1) is 0 Å². The van der Waals surface area contributed by atoms with Gasteiger partial charge in [-0.3, -0.25) is 4.79 Å². The number of nitrogens with one attached hydrogen (secondary N) is 2. The first-order valence-electron chi connectivity index (χ1n) is 5.91. The molecule has 0 aromatic heterocycles. The van der Waals surface area contributed by atoms with Crippen LogP contribution in [0.15, 0.2) is 24.3 Å². The summed E-state index contributed by atoms with van der Waals surface area (Å²) in [6.07, 6.45) is 1.84. The topological polar surface area (TPSA) is 61.4 Å². The first-order chi connectivity index (χ1) is 8.27. The Balaban J connectivity index is 2.52. The van der Waals surface area contributed by atoms with E-state index in [1.807, 2.05) is 31.3 Å². The Morgan fingerprint density at radius 1 is 1.29 bits per heavy atom. The van der Waals surface area contributed by atoms with Crippen molar-refractivity contribution in [2.45, 2.75) is 25.8 Å². The smallest absolute Gasteiger partial charge is 0.224 e. The lowest BCUT2D eigenvalue weighted by molar-refractivity contribution is -0.116. The van der Waals surface area contributed by atoms with Crippen LogP contribution in [0.2, 0.25) is 0 Å². The molecule has 4 heteroatoms. The van der Waals surface area contributed by atoms with Crippen molar-refractivity contribution < 1.29 is 9.90 Å². The molecule has 17 heavy (non-hydrogen) atoms. The van der Waals surface area contributed by atoms with Crippen molar-refractivity contribution in [3.63, 3.8) is 0 Å². The minimum atomic E-state index is 0.00185. The summed E-state index contributed by atoms with van der Waals surface area (Å²) in [6, 6.07) is 7.74. The summed E-state index contributed by atoms with van der Waals surface area (Å²) in [6.45, 7) is 0.872. The van der Waals surface area contributed by atoms with Crippen LogP contribution in [0.4, 0.5) is 5.69 Å². The van der Waals surface area contributed by atoms with Crippen molar-refractivity contribution in [2.24, 2.45) is 0 Å². The largest absolute Gasteiger partial charge is 0.396 e. The molecule has 0 atom stereocenters. The highest BCUT2D eigenvalue weighted by Gasteiger charge is 2.05. The van der Waals surface area contributed by atoms with Gasteiger partial charge in [-0.2, -0.15) is 0 Å². The number of aliphatic hydroxyl groups excluding tert-OH is 1. The predicted molar refractivity (Wildman–Crippen MR) is 68.8 cm³/mol. The Hall–Kier alpha value is -1.39. The third kappa shape index (κ3) is 4.97. The molecule has 0 aliphatic rings. The number of rotatable bonds is 7. The van der Waals surface area contributed by atoms with E-state index in [4.69, 9.17) is 5.11 Å². The second-order valence-electron chi connectivity index (χ2n) is 3.92. The molecule has 0 heterocycles. The van der Waals surface area contributed by atoms with Crippen LogP contribution in [0, 0.1) is 0 Å². The first-order valence-corrected chi connectivity index (χ1v) is 5.91. The molecule has 0 saturated carbocycles. The molecule has 1 amide bonds. The van der Waals surface area contributed by atoms with E-state index in [1.165, 1.54) is 0 Å². The quantitative estimate of drug-likeness (QED) is 0.629. The SMILES string of the molecule is CNCc1ccccc1NC(=O)CCCCO. The zero-order valence-corrected chi connectivity index (χ0v) is 10.2. The average molecular weight is 236 g/mol. The molecule has 0 spiro atoms. The van der Waals surface area contributed by atoms with Gasteiger partial charge in [0, 0.05) is 25.3 Å². The summed E-state index contributed by atoms with van der Waals surface area (Å²) in [5.41, 5.74) is 1.93. The number of unbranched alkanes of at least 4 members (excludes halogenated alkanes) is 1. The minimum Gasteiger partial charge on any atom is -0.396 e. The lowest BCUT2D eigenvalue weighted by atomic mass is 10.1. The number of carbonyl (C=O) groups is 1. The molecule has 1 aromatic carbocycles. The number of hydrogen-bond donors (Lipinski definition) is 3. The van der Waals surface area contributed by atoms with Crippen LogP contribution < -0.4 is 10.6 Å². The van der Waals surface area contributed by atoms with Crippen molar-refractivity contribution in [3.8, 4) is 0 Å². The van der Waals surface area contributed by atoms with Crippen molar-refractivity contribution >= 4 is 11.6 Å². The van der Waals surface area contributed by atoms with E-state index >= 15 is 0 Å². The van der Waals surface area contributed by atoms with E-state index in [-0.39, 0.29) is 12.5 Å². The summed E-state index contributed by atoms with van der Waals surface area (Å²) >= 11 is 0. The maximum absolute atomic E-state index is 11.6. The molecule has 4 nitrogen and oxygen atoms in total. The number of aliphatic hydroxyl groups is 1. The third-order valence-electron chi connectivity index (χ3n) is 2.47. The normalized spacial score (nSPS) is 10.2. The highest BCUT2D eigenvalue weighted by Crippen LogP contribution is 2.15. The lowest BCUT2D eigenvalue weighted by Crippen LogP contribution is -2.15. The van der Waals surface area contributed by atoms with Crippen molar-refractivity contribution in [1.82, 2.24) is 5.32 Å². The van der Waals surface area contributed by atoms with Gasteiger partial charge in [0.15, 0.2) is 0 Å². The van der Waals surface area contributed by atoms with Gasteiger partial charge >= 0.3 is 0 Å². The minimum absolute atomic E-state index is 0.00185. The third-order valence-corrected chi connectivity index (χ3v) is 2.47.